The van der Waals surface area contributed by atoms with E-state index in [0.29, 0.717) is 11.1 Å². The summed E-state index contributed by atoms with van der Waals surface area (Å²) < 4.78 is 0. The van der Waals surface area contributed by atoms with Crippen LogP contribution in [-0.4, -0.2) is 34.9 Å². The molecular formula is C14H11CrN2O5. The molecule has 22 heavy (non-hydrogen) atoms. The van der Waals surface area contributed by atoms with Gasteiger partial charge in [0, 0.05) is 19.6 Å². The molecule has 7 nitrogen and oxygen atoms in total. The number of aromatic nitrogens is 1. The topological polar surface area (TPSA) is 119 Å². The van der Waals surface area contributed by atoms with Crippen molar-refractivity contribution in [3.05, 3.63) is 36.0 Å². The van der Waals surface area contributed by atoms with Crippen LogP contribution in [0.5, 0.6) is 5.75 Å². The maximum absolute atomic E-state index is 11.7. The van der Waals surface area contributed by atoms with Gasteiger partial charge in [-0.3, -0.25) is 9.88 Å². The van der Waals surface area contributed by atoms with Crippen LogP contribution < -0.4 is 15.3 Å². The van der Waals surface area contributed by atoms with Gasteiger partial charge < -0.3 is 24.9 Å². The van der Waals surface area contributed by atoms with Gasteiger partial charge in [-0.05, 0) is 11.5 Å². The molecule has 1 radical (unpaired) electrons. The van der Waals surface area contributed by atoms with Gasteiger partial charge in [-0.25, -0.2) is 0 Å². The predicted octanol–water partition coefficient (Wildman–Crippen LogP) is -2.39. The van der Waals surface area contributed by atoms with Crippen molar-refractivity contribution in [2.75, 3.05) is 13.1 Å². The summed E-state index contributed by atoms with van der Waals surface area (Å²) in [6.45, 7) is -1.16. The second-order valence-corrected chi connectivity index (χ2v) is 4.52. The van der Waals surface area contributed by atoms with Gasteiger partial charge in [0.2, 0.25) is 0 Å². The molecule has 0 bridgehead atoms. The minimum absolute atomic E-state index is 0. The molecule has 0 unspecified atom stereocenters. The molecule has 1 aromatic heterocycles. The number of pyridine rings is 1. The van der Waals surface area contributed by atoms with Crippen LogP contribution in [0.4, 0.5) is 0 Å². The Bertz CT molecular complexity index is 676. The maximum atomic E-state index is 11.7. The van der Waals surface area contributed by atoms with Crippen LogP contribution in [0.15, 0.2) is 30.3 Å². The summed E-state index contributed by atoms with van der Waals surface area (Å²) in [7, 11) is 0. The number of carboxylic acids is 2. The molecule has 0 fully saturated rings. The van der Waals surface area contributed by atoms with Crippen LogP contribution in [0.3, 0.4) is 0 Å². The van der Waals surface area contributed by atoms with Gasteiger partial charge in [0.1, 0.15) is 0 Å². The molecule has 0 aliphatic heterocycles. The molecule has 2 aromatic rings. The van der Waals surface area contributed by atoms with E-state index in [2.05, 4.69) is 4.98 Å². The van der Waals surface area contributed by atoms with Crippen LogP contribution in [0.25, 0.3) is 10.9 Å². The Morgan fingerprint density at radius 1 is 1.05 bits per heavy atom. The normalized spacial score (nSPS) is 10.4. The van der Waals surface area contributed by atoms with Gasteiger partial charge in [0.05, 0.1) is 23.1 Å². The van der Waals surface area contributed by atoms with Crippen molar-refractivity contribution in [3.8, 4) is 5.75 Å². The molecule has 0 atom stereocenters. The van der Waals surface area contributed by atoms with Crippen LogP contribution in [-0.2, 0) is 33.5 Å². The van der Waals surface area contributed by atoms with Gasteiger partial charge in [-0.15, -0.1) is 0 Å². The second-order valence-electron chi connectivity index (χ2n) is 4.52. The van der Waals surface area contributed by atoms with Crippen molar-refractivity contribution in [2.24, 2.45) is 0 Å². The number of nitrogens with zero attached hydrogens (tertiary/aromatic N) is 2. The largest absolute Gasteiger partial charge is 3.00 e. The zero-order chi connectivity index (χ0) is 15.4. The number of carbonyl (C=O) groups is 2. The molecule has 0 saturated carbocycles. The molecule has 0 spiro atoms. The van der Waals surface area contributed by atoms with E-state index in [1.165, 1.54) is 6.07 Å². The van der Waals surface area contributed by atoms with E-state index in [4.69, 9.17) is 0 Å². The molecular weight excluding hydrogens is 328 g/mol. The first kappa shape index (κ1) is 17.9. The smallest absolute Gasteiger partial charge is 0.871 e. The summed E-state index contributed by atoms with van der Waals surface area (Å²) in [6.07, 6.45) is 0. The van der Waals surface area contributed by atoms with Gasteiger partial charge in [0.15, 0.2) is 0 Å². The first-order chi connectivity index (χ1) is 9.95. The van der Waals surface area contributed by atoms with Gasteiger partial charge in [-0.2, -0.15) is 0 Å². The fraction of sp³-hybridized carbons (Fsp3) is 0.214. The Morgan fingerprint density at radius 2 is 1.68 bits per heavy atom. The van der Waals surface area contributed by atoms with E-state index in [1.807, 2.05) is 0 Å². The Labute approximate surface area is 136 Å². The first-order valence-electron chi connectivity index (χ1n) is 6.13. The van der Waals surface area contributed by atoms with E-state index in [0.717, 1.165) is 4.90 Å². The van der Waals surface area contributed by atoms with Crippen LogP contribution in [0, 0.1) is 0 Å². The Morgan fingerprint density at radius 3 is 2.27 bits per heavy atom. The summed E-state index contributed by atoms with van der Waals surface area (Å²) in [5.74, 6) is -3.05. The zero-order valence-electron chi connectivity index (χ0n) is 11.4. The molecule has 0 N–H and O–H groups in total. The molecule has 0 saturated heterocycles. The van der Waals surface area contributed by atoms with Crippen molar-refractivity contribution >= 4 is 22.8 Å². The number of aliphatic carboxylic acids is 2. The van der Waals surface area contributed by atoms with Gasteiger partial charge in [0.25, 0.3) is 0 Å². The monoisotopic (exact) mass is 339 g/mol. The number of carboxylic acid groups (broad SMARTS) is 2. The third-order valence-electron chi connectivity index (χ3n) is 2.83. The van der Waals surface area contributed by atoms with E-state index < -0.39 is 25.0 Å². The van der Waals surface area contributed by atoms with Gasteiger partial charge in [-0.1, -0.05) is 30.0 Å². The minimum atomic E-state index is -1.40. The Balaban J connectivity index is 0.00000242. The Kier molecular flexibility index (Phi) is 6.31. The third-order valence-corrected chi connectivity index (χ3v) is 2.83. The summed E-state index contributed by atoms with van der Waals surface area (Å²) in [5, 5.41) is 33.6. The number of hydrogen-bond donors (Lipinski definition) is 0. The van der Waals surface area contributed by atoms with E-state index >= 15 is 0 Å². The number of carbonyl (C=O) groups excluding carboxylic acids is 2. The SMILES string of the molecule is O=C([O-])CN(CC(=O)[O-])Cc1ccc2cccc([O-])c2n1.[Cr+3]. The number of rotatable bonds is 6. The van der Waals surface area contributed by atoms with Crippen molar-refractivity contribution < 1.29 is 42.3 Å². The summed E-state index contributed by atoms with van der Waals surface area (Å²) >= 11 is 0. The predicted molar refractivity (Wildman–Crippen MR) is 66.5 cm³/mol. The minimum Gasteiger partial charge on any atom is -0.871 e. The number of hydrogen-bond acceptors (Lipinski definition) is 7. The fourth-order valence-electron chi connectivity index (χ4n) is 2.01. The maximum Gasteiger partial charge on any atom is 3.00 e. The molecule has 1 aromatic carbocycles. The summed E-state index contributed by atoms with van der Waals surface area (Å²) in [5.41, 5.74) is 0.658. The van der Waals surface area contributed by atoms with Crippen molar-refractivity contribution in [3.63, 3.8) is 0 Å². The quantitative estimate of drug-likeness (QED) is 0.576. The second kappa shape index (κ2) is 7.75. The summed E-state index contributed by atoms with van der Waals surface area (Å²) in [6, 6.07) is 8.01. The number of fused-ring (bicyclic) bond motifs is 1. The fourth-order valence-corrected chi connectivity index (χ4v) is 2.01. The number of para-hydroxylation sites is 1. The molecule has 0 amide bonds. The van der Waals surface area contributed by atoms with E-state index in [1.54, 1.807) is 24.3 Å². The van der Waals surface area contributed by atoms with Crippen molar-refractivity contribution in [1.82, 2.24) is 9.88 Å². The number of benzene rings is 1. The van der Waals surface area contributed by atoms with Gasteiger partial charge >= 0.3 is 17.4 Å². The summed E-state index contributed by atoms with van der Waals surface area (Å²) in [4.78, 5) is 26.5. The van der Waals surface area contributed by atoms with E-state index in [-0.39, 0.29) is 35.2 Å². The van der Waals surface area contributed by atoms with E-state index in [9.17, 15) is 24.9 Å². The first-order valence-corrected chi connectivity index (χ1v) is 6.13. The average molecular weight is 339 g/mol. The van der Waals surface area contributed by atoms with Crippen molar-refractivity contribution in [1.29, 1.82) is 0 Å². The molecule has 0 aliphatic rings. The Hall–Kier alpha value is -2.14. The average Bonchev–Trinajstić information content (AvgIpc) is 2.38. The molecule has 113 valence electrons. The van der Waals surface area contributed by atoms with Crippen LogP contribution in [0.1, 0.15) is 5.69 Å². The molecule has 8 heteroatoms. The standard InChI is InChI=1S/C14H14N2O5.Cr/c17-11-3-1-2-9-4-5-10(15-14(9)11)6-16(7-12(18)19)8-13(20)21;/h1-5,17H,6-8H2,(H,18,19)(H,20,21);/q;+3/p-3. The van der Waals surface area contributed by atoms with Crippen molar-refractivity contribution in [2.45, 2.75) is 6.54 Å². The molecule has 2 rings (SSSR count). The molecule has 0 aliphatic carbocycles. The molecule has 1 heterocycles. The van der Waals surface area contributed by atoms with Crippen LogP contribution >= 0.6 is 0 Å². The van der Waals surface area contributed by atoms with Crippen LogP contribution in [0.2, 0.25) is 0 Å². The zero-order valence-corrected chi connectivity index (χ0v) is 12.6. The third kappa shape index (κ3) is 4.70.